The number of hydrogen-bond acceptors (Lipinski definition) is 5. The highest BCUT2D eigenvalue weighted by molar-refractivity contribution is 6.00. The number of carbonyl (C=O) groups excluding carboxylic acids is 2. The van der Waals surface area contributed by atoms with Crippen LogP contribution in [0.25, 0.3) is 22.6 Å². The minimum atomic E-state index is -0.514. The number of benzene rings is 2. The molecular weight excluding hydrogens is 394 g/mol. The lowest BCUT2D eigenvalue weighted by atomic mass is 10.2. The fourth-order valence-corrected chi connectivity index (χ4v) is 3.31. The molecule has 31 heavy (non-hydrogen) atoms. The SMILES string of the molecule is COC(=O)c1ccccc1NC(=O)NCCn1c(-c2ccccc2)nc2cccnc21. The minimum absolute atomic E-state index is 0.288. The number of methoxy groups -OCH3 is 1. The maximum atomic E-state index is 12.4. The van der Waals surface area contributed by atoms with Crippen LogP contribution in [0.2, 0.25) is 0 Å². The molecule has 2 N–H and O–H groups in total. The van der Waals surface area contributed by atoms with E-state index in [4.69, 9.17) is 9.72 Å². The van der Waals surface area contributed by atoms with Gasteiger partial charge in [0.25, 0.3) is 0 Å². The molecule has 8 nitrogen and oxygen atoms in total. The van der Waals surface area contributed by atoms with Crippen molar-refractivity contribution in [2.24, 2.45) is 0 Å². The van der Waals surface area contributed by atoms with Crippen molar-refractivity contribution < 1.29 is 14.3 Å². The van der Waals surface area contributed by atoms with Crippen LogP contribution in [0.15, 0.2) is 72.9 Å². The van der Waals surface area contributed by atoms with Crippen molar-refractivity contribution in [2.75, 3.05) is 19.0 Å². The van der Waals surface area contributed by atoms with Gasteiger partial charge in [-0.3, -0.25) is 0 Å². The van der Waals surface area contributed by atoms with Crippen molar-refractivity contribution >= 4 is 28.9 Å². The summed E-state index contributed by atoms with van der Waals surface area (Å²) in [5.41, 5.74) is 3.18. The van der Waals surface area contributed by atoms with E-state index in [2.05, 4.69) is 15.6 Å². The highest BCUT2D eigenvalue weighted by Crippen LogP contribution is 2.23. The number of aromatic nitrogens is 3. The predicted molar refractivity (Wildman–Crippen MR) is 118 cm³/mol. The number of para-hydroxylation sites is 1. The molecule has 2 aromatic carbocycles. The zero-order valence-electron chi connectivity index (χ0n) is 16.9. The quantitative estimate of drug-likeness (QED) is 0.468. The molecule has 0 aliphatic carbocycles. The van der Waals surface area contributed by atoms with Gasteiger partial charge in [0.15, 0.2) is 5.65 Å². The average molecular weight is 415 g/mol. The molecule has 0 saturated carbocycles. The highest BCUT2D eigenvalue weighted by Gasteiger charge is 2.15. The van der Waals surface area contributed by atoms with Gasteiger partial charge in [-0.25, -0.2) is 19.6 Å². The highest BCUT2D eigenvalue weighted by atomic mass is 16.5. The van der Waals surface area contributed by atoms with Gasteiger partial charge in [0.1, 0.15) is 11.3 Å². The first-order valence-electron chi connectivity index (χ1n) is 9.76. The number of urea groups is 1. The van der Waals surface area contributed by atoms with E-state index in [1.807, 2.05) is 47.0 Å². The molecule has 8 heteroatoms. The number of carbonyl (C=O) groups is 2. The Morgan fingerprint density at radius 3 is 2.58 bits per heavy atom. The number of anilines is 1. The normalized spacial score (nSPS) is 10.6. The number of imidazole rings is 1. The third-order valence-electron chi connectivity index (χ3n) is 4.74. The lowest BCUT2D eigenvalue weighted by Gasteiger charge is -2.12. The largest absolute Gasteiger partial charge is 0.465 e. The third-order valence-corrected chi connectivity index (χ3v) is 4.74. The van der Waals surface area contributed by atoms with Gasteiger partial charge in [0.2, 0.25) is 0 Å². The van der Waals surface area contributed by atoms with Crippen molar-refractivity contribution in [3.05, 3.63) is 78.5 Å². The van der Waals surface area contributed by atoms with Crippen LogP contribution in [0.3, 0.4) is 0 Å². The van der Waals surface area contributed by atoms with Crippen LogP contribution < -0.4 is 10.6 Å². The molecule has 0 atom stereocenters. The summed E-state index contributed by atoms with van der Waals surface area (Å²) in [5, 5.41) is 5.52. The summed E-state index contributed by atoms with van der Waals surface area (Å²) in [7, 11) is 1.30. The fraction of sp³-hybridized carbons (Fsp3) is 0.130. The second-order valence-electron chi connectivity index (χ2n) is 6.72. The molecule has 0 saturated heterocycles. The molecule has 0 radical (unpaired) electrons. The number of fused-ring (bicyclic) bond motifs is 1. The van der Waals surface area contributed by atoms with E-state index in [0.717, 1.165) is 22.6 Å². The first-order chi connectivity index (χ1) is 15.2. The lowest BCUT2D eigenvalue weighted by Crippen LogP contribution is -2.32. The van der Waals surface area contributed by atoms with E-state index < -0.39 is 12.0 Å². The van der Waals surface area contributed by atoms with Crippen molar-refractivity contribution in [3.8, 4) is 11.4 Å². The standard InChI is InChI=1S/C23H21N5O3/c1-31-22(29)17-10-5-6-11-18(17)27-23(30)25-14-15-28-20(16-8-3-2-4-9-16)26-19-12-7-13-24-21(19)28/h2-13H,14-15H2,1H3,(H2,25,27,30). The Balaban J connectivity index is 1.48. The molecule has 0 aliphatic heterocycles. The van der Waals surface area contributed by atoms with E-state index in [1.165, 1.54) is 7.11 Å². The number of hydrogen-bond donors (Lipinski definition) is 2. The van der Waals surface area contributed by atoms with Crippen LogP contribution >= 0.6 is 0 Å². The maximum absolute atomic E-state index is 12.4. The molecule has 4 rings (SSSR count). The van der Waals surface area contributed by atoms with Crippen LogP contribution in [-0.4, -0.2) is 40.2 Å². The monoisotopic (exact) mass is 415 g/mol. The molecule has 0 unspecified atom stereocenters. The smallest absolute Gasteiger partial charge is 0.339 e. The number of pyridine rings is 1. The Labute approximate surface area is 178 Å². The van der Waals surface area contributed by atoms with Gasteiger partial charge in [-0.05, 0) is 24.3 Å². The molecular formula is C23H21N5O3. The number of nitrogens with one attached hydrogen (secondary N) is 2. The third kappa shape index (κ3) is 4.37. The van der Waals surface area contributed by atoms with E-state index in [9.17, 15) is 9.59 Å². The van der Waals surface area contributed by atoms with E-state index in [-0.39, 0.29) is 5.56 Å². The summed E-state index contributed by atoms with van der Waals surface area (Å²) in [6.07, 6.45) is 1.72. The molecule has 2 aromatic heterocycles. The van der Waals surface area contributed by atoms with Gasteiger partial charge in [-0.15, -0.1) is 0 Å². The first kappa shape index (κ1) is 20.1. The number of esters is 1. The van der Waals surface area contributed by atoms with E-state index in [0.29, 0.717) is 18.8 Å². The molecule has 2 heterocycles. The number of amides is 2. The molecule has 0 bridgehead atoms. The van der Waals surface area contributed by atoms with Crippen molar-refractivity contribution in [2.45, 2.75) is 6.54 Å². The summed E-state index contributed by atoms with van der Waals surface area (Å²) in [5.74, 6) is 0.270. The fourth-order valence-electron chi connectivity index (χ4n) is 3.31. The average Bonchev–Trinajstić information content (AvgIpc) is 3.18. The molecule has 0 fully saturated rings. The van der Waals surface area contributed by atoms with Crippen molar-refractivity contribution in [1.82, 2.24) is 19.9 Å². The Morgan fingerprint density at radius 1 is 1.00 bits per heavy atom. The molecule has 0 spiro atoms. The number of ether oxygens (including phenoxy) is 1. The number of nitrogens with zero attached hydrogens (tertiary/aromatic N) is 3. The summed E-state index contributed by atoms with van der Waals surface area (Å²) in [4.78, 5) is 33.4. The van der Waals surface area contributed by atoms with Crippen molar-refractivity contribution in [1.29, 1.82) is 0 Å². The van der Waals surface area contributed by atoms with Crippen molar-refractivity contribution in [3.63, 3.8) is 0 Å². The Kier molecular flexibility index (Phi) is 5.89. The molecule has 0 aliphatic rings. The summed E-state index contributed by atoms with van der Waals surface area (Å²) >= 11 is 0. The second-order valence-corrected chi connectivity index (χ2v) is 6.72. The topological polar surface area (TPSA) is 98.1 Å². The lowest BCUT2D eigenvalue weighted by molar-refractivity contribution is 0.0602. The van der Waals surface area contributed by atoms with Crippen LogP contribution in [0.1, 0.15) is 10.4 Å². The predicted octanol–water partition coefficient (Wildman–Crippen LogP) is 3.71. The van der Waals surface area contributed by atoms with E-state index >= 15 is 0 Å². The van der Waals surface area contributed by atoms with E-state index in [1.54, 1.807) is 30.5 Å². The Morgan fingerprint density at radius 2 is 1.77 bits per heavy atom. The molecule has 2 amide bonds. The number of rotatable bonds is 6. The molecule has 4 aromatic rings. The van der Waals surface area contributed by atoms with Crippen LogP contribution in [0.5, 0.6) is 0 Å². The van der Waals surface area contributed by atoms with Gasteiger partial charge >= 0.3 is 12.0 Å². The summed E-state index contributed by atoms with van der Waals surface area (Å²) in [6.45, 7) is 0.817. The van der Waals surface area contributed by atoms with Gasteiger partial charge in [0, 0.05) is 24.8 Å². The van der Waals surface area contributed by atoms with Crippen LogP contribution in [-0.2, 0) is 11.3 Å². The van der Waals surface area contributed by atoms with Gasteiger partial charge in [-0.2, -0.15) is 0 Å². The second kappa shape index (κ2) is 9.08. The Bertz CT molecular complexity index is 1220. The van der Waals surface area contributed by atoms with Crippen LogP contribution in [0, 0.1) is 0 Å². The minimum Gasteiger partial charge on any atom is -0.465 e. The summed E-state index contributed by atoms with van der Waals surface area (Å²) in [6, 6.07) is 19.9. The molecule has 156 valence electrons. The first-order valence-corrected chi connectivity index (χ1v) is 9.76. The van der Waals surface area contributed by atoms with Gasteiger partial charge in [0.05, 0.1) is 18.4 Å². The zero-order valence-corrected chi connectivity index (χ0v) is 16.9. The summed E-state index contributed by atoms with van der Waals surface area (Å²) < 4.78 is 6.74. The maximum Gasteiger partial charge on any atom is 0.339 e. The van der Waals surface area contributed by atoms with Gasteiger partial charge < -0.3 is 19.9 Å². The van der Waals surface area contributed by atoms with Crippen LogP contribution in [0.4, 0.5) is 10.5 Å². The van der Waals surface area contributed by atoms with Gasteiger partial charge in [-0.1, -0.05) is 42.5 Å². The zero-order chi connectivity index (χ0) is 21.6. The Hall–Kier alpha value is -4.20.